The number of hydrogen-bond donors (Lipinski definition) is 3. The standard InChI is InChI=1S/C20H26N4O3/c1-13-8-14(2)24-20(23-13)22-10-15-4-3-5-16(9-15)19(26)21-7-6-17-11-27-12-18(17)25/h3-5,8-9,17-18,25H,6-7,10-12H2,1-2H3,(H,21,26)(H,22,23,24)/t17-,18-/m1/s1. The van der Waals surface area contributed by atoms with Gasteiger partial charge in [-0.3, -0.25) is 4.79 Å². The fourth-order valence-electron chi connectivity index (χ4n) is 3.14. The molecule has 1 aromatic carbocycles. The van der Waals surface area contributed by atoms with E-state index in [2.05, 4.69) is 20.6 Å². The molecule has 7 nitrogen and oxygen atoms in total. The third-order valence-corrected chi connectivity index (χ3v) is 4.59. The number of aryl methyl sites for hydroxylation is 2. The smallest absolute Gasteiger partial charge is 0.251 e. The fraction of sp³-hybridized carbons (Fsp3) is 0.450. The Morgan fingerprint density at radius 1 is 1.22 bits per heavy atom. The van der Waals surface area contributed by atoms with Gasteiger partial charge in [-0.15, -0.1) is 0 Å². The number of rotatable bonds is 7. The van der Waals surface area contributed by atoms with E-state index in [9.17, 15) is 9.90 Å². The van der Waals surface area contributed by atoms with Crippen molar-refractivity contribution in [1.82, 2.24) is 15.3 Å². The topological polar surface area (TPSA) is 96.4 Å². The number of aliphatic hydroxyl groups excluding tert-OH is 1. The maximum atomic E-state index is 12.4. The number of benzene rings is 1. The number of nitrogens with zero attached hydrogens (tertiary/aromatic N) is 2. The molecule has 2 heterocycles. The molecule has 2 atom stereocenters. The average Bonchev–Trinajstić information content (AvgIpc) is 3.04. The summed E-state index contributed by atoms with van der Waals surface area (Å²) in [6.07, 6.45) is 0.279. The minimum atomic E-state index is -0.427. The highest BCUT2D eigenvalue weighted by Gasteiger charge is 2.25. The second-order valence-corrected chi connectivity index (χ2v) is 6.94. The Morgan fingerprint density at radius 2 is 2.00 bits per heavy atom. The van der Waals surface area contributed by atoms with E-state index in [4.69, 9.17) is 4.74 Å². The van der Waals surface area contributed by atoms with E-state index in [0.717, 1.165) is 17.0 Å². The van der Waals surface area contributed by atoms with Gasteiger partial charge in [-0.2, -0.15) is 0 Å². The summed E-state index contributed by atoms with van der Waals surface area (Å²) in [7, 11) is 0. The van der Waals surface area contributed by atoms with E-state index in [-0.39, 0.29) is 11.8 Å². The monoisotopic (exact) mass is 370 g/mol. The van der Waals surface area contributed by atoms with Crippen LogP contribution in [0.25, 0.3) is 0 Å². The molecule has 1 saturated heterocycles. The van der Waals surface area contributed by atoms with E-state index < -0.39 is 6.10 Å². The molecule has 0 radical (unpaired) electrons. The molecule has 0 aliphatic carbocycles. The van der Waals surface area contributed by atoms with E-state index in [0.29, 0.717) is 44.2 Å². The molecule has 0 spiro atoms. The van der Waals surface area contributed by atoms with Crippen molar-refractivity contribution in [3.63, 3.8) is 0 Å². The van der Waals surface area contributed by atoms with E-state index >= 15 is 0 Å². The van der Waals surface area contributed by atoms with Gasteiger partial charge in [-0.1, -0.05) is 12.1 Å². The van der Waals surface area contributed by atoms with Gasteiger partial charge in [-0.25, -0.2) is 9.97 Å². The number of aliphatic hydroxyl groups is 1. The Bertz CT molecular complexity index is 776. The third kappa shape index (κ3) is 5.48. The maximum absolute atomic E-state index is 12.4. The lowest BCUT2D eigenvalue weighted by Crippen LogP contribution is -2.28. The van der Waals surface area contributed by atoms with Crippen LogP contribution < -0.4 is 10.6 Å². The van der Waals surface area contributed by atoms with Gasteiger partial charge in [0, 0.05) is 36.0 Å². The molecule has 1 aliphatic heterocycles. The Labute approximate surface area is 159 Å². The third-order valence-electron chi connectivity index (χ3n) is 4.59. The first-order chi connectivity index (χ1) is 13.0. The molecule has 1 aromatic heterocycles. The molecule has 3 N–H and O–H groups in total. The van der Waals surface area contributed by atoms with Crippen LogP contribution in [0.4, 0.5) is 5.95 Å². The predicted molar refractivity (Wildman–Crippen MR) is 103 cm³/mol. The quantitative estimate of drug-likeness (QED) is 0.688. The summed E-state index contributed by atoms with van der Waals surface area (Å²) >= 11 is 0. The van der Waals surface area contributed by atoms with Crippen molar-refractivity contribution in [2.45, 2.75) is 32.9 Å². The van der Waals surface area contributed by atoms with Crippen LogP contribution in [0.5, 0.6) is 0 Å². The molecule has 1 aliphatic rings. The Kier molecular flexibility index (Phi) is 6.36. The lowest BCUT2D eigenvalue weighted by atomic mass is 10.0. The van der Waals surface area contributed by atoms with Gasteiger partial charge in [0.15, 0.2) is 0 Å². The van der Waals surface area contributed by atoms with Crippen molar-refractivity contribution in [3.8, 4) is 0 Å². The number of anilines is 1. The zero-order chi connectivity index (χ0) is 19.2. The summed E-state index contributed by atoms with van der Waals surface area (Å²) in [5.41, 5.74) is 3.41. The first kappa shape index (κ1) is 19.3. The Morgan fingerprint density at radius 3 is 2.70 bits per heavy atom. The second-order valence-electron chi connectivity index (χ2n) is 6.94. The first-order valence-electron chi connectivity index (χ1n) is 9.20. The summed E-state index contributed by atoms with van der Waals surface area (Å²) in [5.74, 6) is 0.561. The average molecular weight is 370 g/mol. The van der Waals surface area contributed by atoms with Crippen molar-refractivity contribution in [1.29, 1.82) is 0 Å². The highest BCUT2D eigenvalue weighted by molar-refractivity contribution is 5.94. The molecule has 0 saturated carbocycles. The van der Waals surface area contributed by atoms with E-state index in [1.165, 1.54) is 0 Å². The number of carbonyl (C=O) groups is 1. The van der Waals surface area contributed by atoms with Crippen LogP contribution in [0.3, 0.4) is 0 Å². The Balaban J connectivity index is 1.52. The van der Waals surface area contributed by atoms with Crippen LogP contribution in [0.1, 0.15) is 33.7 Å². The maximum Gasteiger partial charge on any atom is 0.251 e. The van der Waals surface area contributed by atoms with E-state index in [1.54, 1.807) is 6.07 Å². The normalized spacial score (nSPS) is 19.1. The van der Waals surface area contributed by atoms with Crippen LogP contribution >= 0.6 is 0 Å². The number of hydrogen-bond acceptors (Lipinski definition) is 6. The van der Waals surface area contributed by atoms with Gasteiger partial charge in [0.25, 0.3) is 5.91 Å². The van der Waals surface area contributed by atoms with Gasteiger partial charge in [0.05, 0.1) is 19.3 Å². The summed E-state index contributed by atoms with van der Waals surface area (Å²) in [4.78, 5) is 21.1. The molecule has 2 aromatic rings. The van der Waals surface area contributed by atoms with Gasteiger partial charge in [0.2, 0.25) is 5.95 Å². The second kappa shape index (κ2) is 8.92. The zero-order valence-electron chi connectivity index (χ0n) is 15.7. The molecule has 144 valence electrons. The molecular weight excluding hydrogens is 344 g/mol. The van der Waals surface area contributed by atoms with Crippen LogP contribution in [0.15, 0.2) is 30.3 Å². The molecule has 7 heteroatoms. The number of nitrogens with one attached hydrogen (secondary N) is 2. The van der Waals surface area contributed by atoms with Crippen LogP contribution in [0, 0.1) is 19.8 Å². The van der Waals surface area contributed by atoms with Crippen LogP contribution in [-0.4, -0.2) is 46.8 Å². The summed E-state index contributed by atoms with van der Waals surface area (Å²) in [6.45, 7) is 5.86. The van der Waals surface area contributed by atoms with Crippen molar-refractivity contribution >= 4 is 11.9 Å². The SMILES string of the molecule is Cc1cc(C)nc(NCc2cccc(C(=O)NCC[C@@H]3COC[C@H]3O)c2)n1. The minimum Gasteiger partial charge on any atom is -0.390 e. The number of amides is 1. The fourth-order valence-corrected chi connectivity index (χ4v) is 3.14. The summed E-state index contributed by atoms with van der Waals surface area (Å²) in [5, 5.41) is 15.8. The Hall–Kier alpha value is -2.51. The van der Waals surface area contributed by atoms with Crippen molar-refractivity contribution in [3.05, 3.63) is 52.8 Å². The highest BCUT2D eigenvalue weighted by Crippen LogP contribution is 2.16. The number of ether oxygens (including phenoxy) is 1. The molecule has 27 heavy (non-hydrogen) atoms. The molecule has 0 unspecified atom stereocenters. The van der Waals surface area contributed by atoms with Gasteiger partial charge < -0.3 is 20.5 Å². The summed E-state index contributed by atoms with van der Waals surface area (Å²) in [6, 6.07) is 9.40. The van der Waals surface area contributed by atoms with Crippen LogP contribution in [0.2, 0.25) is 0 Å². The lowest BCUT2D eigenvalue weighted by Gasteiger charge is -2.13. The minimum absolute atomic E-state index is 0.0959. The predicted octanol–water partition coefficient (Wildman–Crippen LogP) is 1.83. The first-order valence-corrected chi connectivity index (χ1v) is 9.20. The molecular formula is C20H26N4O3. The lowest BCUT2D eigenvalue weighted by molar-refractivity contribution is 0.0941. The number of carbonyl (C=O) groups excluding carboxylic acids is 1. The van der Waals surface area contributed by atoms with Crippen LogP contribution in [-0.2, 0) is 11.3 Å². The largest absolute Gasteiger partial charge is 0.390 e. The highest BCUT2D eigenvalue weighted by atomic mass is 16.5. The van der Waals surface area contributed by atoms with Crippen molar-refractivity contribution in [2.24, 2.45) is 5.92 Å². The van der Waals surface area contributed by atoms with Crippen molar-refractivity contribution < 1.29 is 14.6 Å². The number of aromatic nitrogens is 2. The molecule has 1 fully saturated rings. The molecule has 3 rings (SSSR count). The molecule has 1 amide bonds. The van der Waals surface area contributed by atoms with E-state index in [1.807, 2.05) is 38.1 Å². The van der Waals surface area contributed by atoms with Crippen molar-refractivity contribution in [2.75, 3.05) is 25.1 Å². The van der Waals surface area contributed by atoms with Gasteiger partial charge in [-0.05, 0) is 44.0 Å². The zero-order valence-corrected chi connectivity index (χ0v) is 15.7. The van der Waals surface area contributed by atoms with Gasteiger partial charge >= 0.3 is 0 Å². The van der Waals surface area contributed by atoms with Gasteiger partial charge in [0.1, 0.15) is 0 Å². The molecule has 0 bridgehead atoms. The summed E-state index contributed by atoms with van der Waals surface area (Å²) < 4.78 is 5.23.